The van der Waals surface area contributed by atoms with Gasteiger partial charge in [-0.15, -0.1) is 0 Å². The highest BCUT2D eigenvalue weighted by Crippen LogP contribution is 2.39. The van der Waals surface area contributed by atoms with Gasteiger partial charge in [0.2, 0.25) is 0 Å². The zero-order valence-corrected chi connectivity index (χ0v) is 22.0. The van der Waals surface area contributed by atoms with Crippen molar-refractivity contribution in [1.82, 2.24) is 10.2 Å². The number of hydrogen-bond donors (Lipinski definition) is 1. The summed E-state index contributed by atoms with van der Waals surface area (Å²) in [5.41, 5.74) is 10.4. The molecule has 0 fully saturated rings. The minimum Gasteiger partial charge on any atom is -0.452 e. The number of para-hydroxylation sites is 1. The minimum absolute atomic E-state index is 0.202. The van der Waals surface area contributed by atoms with Gasteiger partial charge in [-0.3, -0.25) is 0 Å². The van der Waals surface area contributed by atoms with E-state index < -0.39 is 0 Å². The highest BCUT2D eigenvalue weighted by Gasteiger charge is 2.21. The molecule has 1 unspecified atom stereocenters. The third-order valence-electron chi connectivity index (χ3n) is 8.30. The highest BCUT2D eigenvalue weighted by molar-refractivity contribution is 6.19. The smallest absolute Gasteiger partial charge is 0.178 e. The zero-order valence-electron chi connectivity index (χ0n) is 22.0. The highest BCUT2D eigenvalue weighted by atomic mass is 16.4. The summed E-state index contributed by atoms with van der Waals surface area (Å²) in [5, 5.41) is 7.92. The maximum Gasteiger partial charge on any atom is 0.178 e. The molecule has 5 aromatic carbocycles. The van der Waals surface area contributed by atoms with Gasteiger partial charge in [0, 0.05) is 33.9 Å². The second-order valence-corrected chi connectivity index (χ2v) is 10.7. The molecule has 41 heavy (non-hydrogen) atoms. The van der Waals surface area contributed by atoms with E-state index in [1.165, 1.54) is 22.3 Å². The Bertz CT molecular complexity index is 2230. The fourth-order valence-corrected chi connectivity index (χ4v) is 6.15. The van der Waals surface area contributed by atoms with Crippen LogP contribution in [0.3, 0.4) is 0 Å². The van der Waals surface area contributed by atoms with Crippen molar-refractivity contribution in [3.05, 3.63) is 139 Å². The van der Waals surface area contributed by atoms with Crippen molar-refractivity contribution < 1.29 is 8.83 Å². The molecule has 0 amide bonds. The van der Waals surface area contributed by atoms with Crippen LogP contribution < -0.4 is 5.32 Å². The third-order valence-corrected chi connectivity index (χ3v) is 8.30. The van der Waals surface area contributed by atoms with Crippen LogP contribution >= 0.6 is 0 Å². The van der Waals surface area contributed by atoms with Crippen LogP contribution in [0.5, 0.6) is 0 Å². The molecule has 0 bridgehead atoms. The summed E-state index contributed by atoms with van der Waals surface area (Å²) >= 11 is 0. The first kappa shape index (κ1) is 22.3. The van der Waals surface area contributed by atoms with Gasteiger partial charge in [-0.2, -0.15) is 0 Å². The quantitative estimate of drug-likeness (QED) is 0.248. The van der Waals surface area contributed by atoms with Crippen molar-refractivity contribution in [2.45, 2.75) is 6.17 Å². The van der Waals surface area contributed by atoms with Crippen LogP contribution in [-0.2, 0) is 0 Å². The number of rotatable bonds is 3. The molecule has 2 aliphatic rings. The fourth-order valence-electron chi connectivity index (χ4n) is 6.15. The Balaban J connectivity index is 1.03. The van der Waals surface area contributed by atoms with Crippen LogP contribution in [0.2, 0.25) is 0 Å². The number of hydrogen-bond acceptors (Lipinski definition) is 4. The monoisotopic (exact) mass is 528 g/mol. The second-order valence-electron chi connectivity index (χ2n) is 10.7. The largest absolute Gasteiger partial charge is 0.452 e. The summed E-state index contributed by atoms with van der Waals surface area (Å²) in [4.78, 5) is 2.19. The number of allylic oxidation sites excluding steroid dienone is 2. The predicted molar refractivity (Wildman–Crippen MR) is 167 cm³/mol. The Morgan fingerprint density at radius 2 is 1.15 bits per heavy atom. The lowest BCUT2D eigenvalue weighted by atomic mass is 9.98. The molecule has 2 aromatic heterocycles. The molecule has 0 radical (unpaired) electrons. The molecule has 2 aliphatic heterocycles. The summed E-state index contributed by atoms with van der Waals surface area (Å²) in [7, 11) is 0. The van der Waals surface area contributed by atoms with Crippen molar-refractivity contribution in [3.8, 4) is 22.3 Å². The van der Waals surface area contributed by atoms with E-state index >= 15 is 0 Å². The third kappa shape index (κ3) is 3.47. The van der Waals surface area contributed by atoms with E-state index in [1.807, 2.05) is 18.2 Å². The minimum atomic E-state index is 0.202. The van der Waals surface area contributed by atoms with Gasteiger partial charge in [0.25, 0.3) is 0 Å². The Kier molecular flexibility index (Phi) is 4.64. The van der Waals surface area contributed by atoms with Crippen LogP contribution in [0.15, 0.2) is 143 Å². The van der Waals surface area contributed by atoms with Crippen molar-refractivity contribution in [2.75, 3.05) is 0 Å². The summed E-state index contributed by atoms with van der Waals surface area (Å²) in [6, 6.07) is 36.4. The van der Waals surface area contributed by atoms with Gasteiger partial charge in [-0.05, 0) is 70.3 Å². The average Bonchev–Trinajstić information content (AvgIpc) is 3.74. The average molecular weight is 529 g/mol. The van der Waals surface area contributed by atoms with Gasteiger partial charge in [0.15, 0.2) is 11.2 Å². The molecule has 9 rings (SSSR count). The zero-order chi connectivity index (χ0) is 26.9. The number of nitrogens with zero attached hydrogens (tertiary/aromatic N) is 1. The molecule has 4 nitrogen and oxygen atoms in total. The van der Waals surface area contributed by atoms with E-state index in [0.29, 0.717) is 0 Å². The van der Waals surface area contributed by atoms with Crippen molar-refractivity contribution >= 4 is 49.6 Å². The Morgan fingerprint density at radius 3 is 1.88 bits per heavy atom. The molecule has 0 spiro atoms. The van der Waals surface area contributed by atoms with Crippen LogP contribution in [0.25, 0.3) is 71.8 Å². The fraction of sp³-hybridized carbons (Fsp3) is 0.0270. The van der Waals surface area contributed by atoms with Crippen LogP contribution in [-0.4, -0.2) is 11.1 Å². The lowest BCUT2D eigenvalue weighted by Crippen LogP contribution is -2.31. The number of nitrogens with one attached hydrogen (secondary N) is 1. The maximum atomic E-state index is 6.33. The molecule has 0 saturated heterocycles. The normalized spacial score (nSPS) is 16.1. The van der Waals surface area contributed by atoms with Gasteiger partial charge in [-0.25, -0.2) is 0 Å². The molecule has 7 aromatic rings. The summed E-state index contributed by atoms with van der Waals surface area (Å²) in [6.07, 6.45) is 10.7. The van der Waals surface area contributed by atoms with E-state index in [-0.39, 0.29) is 6.17 Å². The number of fused-ring (bicyclic) bond motifs is 8. The second kappa shape index (κ2) is 8.51. The van der Waals surface area contributed by atoms with Crippen LogP contribution in [0, 0.1) is 0 Å². The summed E-state index contributed by atoms with van der Waals surface area (Å²) in [6.45, 7) is 0. The Labute approximate surface area is 236 Å². The number of benzene rings is 5. The lowest BCUT2D eigenvalue weighted by molar-refractivity contribution is 0.427. The SMILES string of the molecule is C1=CC2NC(c3ccc(-c4ccc(-c5ccc6oc7c(ccc8c9ccccc9oc87)c6c5)cc4)cc3)=CN2C=C1. The molecule has 1 atom stereocenters. The molecule has 0 saturated carbocycles. The first-order chi connectivity index (χ1) is 20.3. The lowest BCUT2D eigenvalue weighted by Gasteiger charge is -2.20. The first-order valence-electron chi connectivity index (χ1n) is 13.9. The maximum absolute atomic E-state index is 6.33. The molecule has 1 N–H and O–H groups in total. The van der Waals surface area contributed by atoms with Crippen molar-refractivity contribution in [1.29, 1.82) is 0 Å². The summed E-state index contributed by atoms with van der Waals surface area (Å²) in [5.74, 6) is 0. The standard InChI is InChI=1S/C37H24N2O2/c1-2-6-33-28(5-1)29-17-18-30-31-21-27(16-19-34(31)41-37(30)36(29)40-33)25-10-8-23(9-11-25)24-12-14-26(15-13-24)32-22-39-20-4-3-7-35(39)38-32/h1-22,35,38H. The van der Waals surface area contributed by atoms with Crippen LogP contribution in [0.1, 0.15) is 5.56 Å². The van der Waals surface area contributed by atoms with Crippen LogP contribution in [0.4, 0.5) is 0 Å². The molecule has 0 aliphatic carbocycles. The Morgan fingerprint density at radius 1 is 0.537 bits per heavy atom. The molecular formula is C37H24N2O2. The van der Waals surface area contributed by atoms with Gasteiger partial charge < -0.3 is 19.1 Å². The van der Waals surface area contributed by atoms with Gasteiger partial charge in [-0.1, -0.05) is 78.9 Å². The van der Waals surface area contributed by atoms with E-state index in [0.717, 1.165) is 55.1 Å². The van der Waals surface area contributed by atoms with Crippen molar-refractivity contribution in [2.24, 2.45) is 0 Å². The van der Waals surface area contributed by atoms with Crippen molar-refractivity contribution in [3.63, 3.8) is 0 Å². The molecule has 4 heteroatoms. The first-order valence-corrected chi connectivity index (χ1v) is 13.9. The van der Waals surface area contributed by atoms with Gasteiger partial charge >= 0.3 is 0 Å². The van der Waals surface area contributed by atoms with Gasteiger partial charge in [0.1, 0.15) is 17.3 Å². The van der Waals surface area contributed by atoms with E-state index in [4.69, 9.17) is 8.83 Å². The predicted octanol–water partition coefficient (Wildman–Crippen LogP) is 9.43. The van der Waals surface area contributed by atoms with E-state index in [2.05, 4.69) is 126 Å². The molecule has 4 heterocycles. The topological polar surface area (TPSA) is 41.6 Å². The summed E-state index contributed by atoms with van der Waals surface area (Å²) < 4.78 is 12.5. The van der Waals surface area contributed by atoms with E-state index in [1.54, 1.807) is 0 Å². The van der Waals surface area contributed by atoms with E-state index in [9.17, 15) is 0 Å². The molecule has 194 valence electrons. The Hall–Kier alpha value is -5.48. The van der Waals surface area contributed by atoms with Gasteiger partial charge in [0.05, 0.1) is 5.70 Å². The number of furan rings is 2. The molecular weight excluding hydrogens is 504 g/mol.